The average Bonchev–Trinajstić information content (AvgIpc) is 2.73. The van der Waals surface area contributed by atoms with Crippen LogP contribution in [0, 0.1) is 10.8 Å². The van der Waals surface area contributed by atoms with Crippen molar-refractivity contribution in [3.8, 4) is 0 Å². The summed E-state index contributed by atoms with van der Waals surface area (Å²) in [5.41, 5.74) is 2.55. The zero-order chi connectivity index (χ0) is 14.4. The average molecular weight is 292 g/mol. The molecule has 1 nitrogen and oxygen atoms in total. The van der Waals surface area contributed by atoms with Gasteiger partial charge in [0.1, 0.15) is 0 Å². The predicted molar refractivity (Wildman–Crippen MR) is 88.3 cm³/mol. The van der Waals surface area contributed by atoms with E-state index in [4.69, 9.17) is 0 Å². The molecule has 1 heterocycles. The highest BCUT2D eigenvalue weighted by molar-refractivity contribution is 7.10. The van der Waals surface area contributed by atoms with Crippen LogP contribution >= 0.6 is 11.3 Å². The Bertz CT molecular complexity index is 456. The summed E-state index contributed by atoms with van der Waals surface area (Å²) in [4.78, 5) is 1.63. The first-order valence-corrected chi connectivity index (χ1v) is 9.05. The van der Waals surface area contributed by atoms with E-state index in [9.17, 15) is 0 Å². The monoisotopic (exact) mass is 291 g/mol. The fourth-order valence-corrected chi connectivity index (χ4v) is 5.90. The second kappa shape index (κ2) is 5.14. The highest BCUT2D eigenvalue weighted by Gasteiger charge is 2.39. The van der Waals surface area contributed by atoms with Crippen molar-refractivity contribution in [2.24, 2.45) is 10.8 Å². The van der Waals surface area contributed by atoms with Crippen LogP contribution in [0.1, 0.15) is 76.3 Å². The van der Waals surface area contributed by atoms with Crippen molar-refractivity contribution in [3.63, 3.8) is 0 Å². The van der Waals surface area contributed by atoms with Crippen LogP contribution in [-0.4, -0.2) is 6.04 Å². The molecule has 0 bridgehead atoms. The molecule has 0 aliphatic heterocycles. The lowest BCUT2D eigenvalue weighted by atomic mass is 9.63. The zero-order valence-corrected chi connectivity index (χ0v) is 14.3. The smallest absolute Gasteiger partial charge is 0.0333 e. The van der Waals surface area contributed by atoms with Crippen molar-refractivity contribution in [1.82, 2.24) is 5.32 Å². The van der Waals surface area contributed by atoms with Crippen LogP contribution < -0.4 is 5.32 Å². The molecule has 1 saturated carbocycles. The summed E-state index contributed by atoms with van der Waals surface area (Å²) in [5.74, 6) is 0. The van der Waals surface area contributed by atoms with E-state index in [2.05, 4.69) is 44.5 Å². The Morgan fingerprint density at radius 1 is 1.15 bits per heavy atom. The third kappa shape index (κ3) is 3.12. The molecule has 0 saturated heterocycles. The third-order valence-corrected chi connectivity index (χ3v) is 6.04. The van der Waals surface area contributed by atoms with E-state index in [1.165, 1.54) is 38.5 Å². The SMILES string of the molecule is CC1(C)CC(NC2CCCc3sccc32)CC(C)(C)C1. The second-order valence-electron chi connectivity index (χ2n) is 8.52. The number of aryl methyl sites for hydroxylation is 1. The van der Waals surface area contributed by atoms with E-state index in [0.717, 1.165) is 0 Å². The molecule has 1 aromatic rings. The largest absolute Gasteiger partial charge is 0.307 e. The van der Waals surface area contributed by atoms with Gasteiger partial charge in [-0.3, -0.25) is 0 Å². The van der Waals surface area contributed by atoms with Crippen LogP contribution in [0.4, 0.5) is 0 Å². The van der Waals surface area contributed by atoms with E-state index in [0.29, 0.717) is 22.9 Å². The molecule has 2 heteroatoms. The lowest BCUT2D eigenvalue weighted by Crippen LogP contribution is -2.45. The molecule has 3 rings (SSSR count). The normalized spacial score (nSPS) is 29.1. The van der Waals surface area contributed by atoms with Gasteiger partial charge in [0.05, 0.1) is 0 Å². The summed E-state index contributed by atoms with van der Waals surface area (Å²) in [6.45, 7) is 9.78. The Kier molecular flexibility index (Phi) is 3.75. The Morgan fingerprint density at radius 2 is 1.85 bits per heavy atom. The molecule has 0 aromatic carbocycles. The summed E-state index contributed by atoms with van der Waals surface area (Å²) in [5, 5.41) is 6.30. The van der Waals surface area contributed by atoms with E-state index in [1.807, 2.05) is 11.3 Å². The van der Waals surface area contributed by atoms with Crippen LogP contribution in [0.3, 0.4) is 0 Å². The van der Waals surface area contributed by atoms with Gasteiger partial charge in [0.25, 0.3) is 0 Å². The van der Waals surface area contributed by atoms with E-state index >= 15 is 0 Å². The summed E-state index contributed by atoms with van der Waals surface area (Å²) >= 11 is 1.95. The Balaban J connectivity index is 1.73. The molecule has 112 valence electrons. The number of thiophene rings is 1. The maximum absolute atomic E-state index is 4.02. The second-order valence-corrected chi connectivity index (χ2v) is 9.52. The molecule has 1 atom stereocenters. The number of hydrogen-bond donors (Lipinski definition) is 1. The highest BCUT2D eigenvalue weighted by Crippen LogP contribution is 2.46. The van der Waals surface area contributed by atoms with Crippen molar-refractivity contribution < 1.29 is 0 Å². The van der Waals surface area contributed by atoms with Crippen LogP contribution in [0.25, 0.3) is 0 Å². The van der Waals surface area contributed by atoms with Gasteiger partial charge in [0.2, 0.25) is 0 Å². The molecule has 0 spiro atoms. The van der Waals surface area contributed by atoms with Crippen molar-refractivity contribution in [1.29, 1.82) is 0 Å². The Morgan fingerprint density at radius 3 is 2.55 bits per heavy atom. The van der Waals surface area contributed by atoms with Gasteiger partial charge < -0.3 is 5.32 Å². The zero-order valence-electron chi connectivity index (χ0n) is 13.5. The maximum Gasteiger partial charge on any atom is 0.0333 e. The van der Waals surface area contributed by atoms with Gasteiger partial charge in [-0.2, -0.15) is 0 Å². The minimum Gasteiger partial charge on any atom is -0.307 e. The van der Waals surface area contributed by atoms with Crippen molar-refractivity contribution >= 4 is 11.3 Å². The molecule has 1 unspecified atom stereocenters. The molecule has 1 fully saturated rings. The fraction of sp³-hybridized carbons (Fsp3) is 0.778. The van der Waals surface area contributed by atoms with Gasteiger partial charge in [-0.05, 0) is 66.4 Å². The molecule has 1 N–H and O–H groups in total. The standard InChI is InChI=1S/C18H29NS/c1-17(2)10-13(11-18(3,4)12-17)19-15-6-5-7-16-14(15)8-9-20-16/h8-9,13,15,19H,5-7,10-12H2,1-4H3. The first-order valence-electron chi connectivity index (χ1n) is 8.17. The molecule has 2 aliphatic carbocycles. The lowest BCUT2D eigenvalue weighted by molar-refractivity contribution is 0.0791. The minimum atomic E-state index is 0.478. The van der Waals surface area contributed by atoms with Crippen molar-refractivity contribution in [2.75, 3.05) is 0 Å². The van der Waals surface area contributed by atoms with Crippen LogP contribution in [0.2, 0.25) is 0 Å². The van der Waals surface area contributed by atoms with Gasteiger partial charge in [0.15, 0.2) is 0 Å². The Labute approximate surface area is 128 Å². The van der Waals surface area contributed by atoms with Crippen LogP contribution in [-0.2, 0) is 6.42 Å². The third-order valence-electron chi connectivity index (χ3n) is 5.04. The number of fused-ring (bicyclic) bond motifs is 1. The maximum atomic E-state index is 4.02. The van der Waals surface area contributed by atoms with Gasteiger partial charge >= 0.3 is 0 Å². The first kappa shape index (κ1) is 14.6. The quantitative estimate of drug-likeness (QED) is 0.777. The molecule has 1 aromatic heterocycles. The molecule has 2 aliphatic rings. The number of rotatable bonds is 2. The van der Waals surface area contributed by atoms with Crippen molar-refractivity contribution in [3.05, 3.63) is 21.9 Å². The first-order chi connectivity index (χ1) is 9.35. The van der Waals surface area contributed by atoms with Crippen molar-refractivity contribution in [2.45, 2.75) is 78.3 Å². The lowest BCUT2D eigenvalue weighted by Gasteiger charge is -2.46. The van der Waals surface area contributed by atoms with E-state index in [-0.39, 0.29) is 0 Å². The molecular weight excluding hydrogens is 262 g/mol. The topological polar surface area (TPSA) is 12.0 Å². The van der Waals surface area contributed by atoms with E-state index in [1.54, 1.807) is 10.4 Å². The summed E-state index contributed by atoms with van der Waals surface area (Å²) in [6.07, 6.45) is 7.98. The van der Waals surface area contributed by atoms with Gasteiger partial charge in [-0.1, -0.05) is 27.7 Å². The van der Waals surface area contributed by atoms with Crippen LogP contribution in [0.5, 0.6) is 0 Å². The highest BCUT2D eigenvalue weighted by atomic mass is 32.1. The van der Waals surface area contributed by atoms with Gasteiger partial charge in [-0.25, -0.2) is 0 Å². The predicted octanol–water partition coefficient (Wildman–Crippen LogP) is 5.32. The number of hydrogen-bond acceptors (Lipinski definition) is 2. The van der Waals surface area contributed by atoms with E-state index < -0.39 is 0 Å². The Hall–Kier alpha value is -0.340. The van der Waals surface area contributed by atoms with Gasteiger partial charge in [-0.15, -0.1) is 11.3 Å². The summed E-state index contributed by atoms with van der Waals surface area (Å²) in [7, 11) is 0. The molecular formula is C18H29NS. The fourth-order valence-electron chi connectivity index (χ4n) is 4.91. The minimum absolute atomic E-state index is 0.478. The number of nitrogens with one attached hydrogen (secondary N) is 1. The molecule has 0 radical (unpaired) electrons. The van der Waals surface area contributed by atoms with Gasteiger partial charge in [0, 0.05) is 17.0 Å². The summed E-state index contributed by atoms with van der Waals surface area (Å²) < 4.78 is 0. The molecule has 20 heavy (non-hydrogen) atoms. The molecule has 0 amide bonds. The summed E-state index contributed by atoms with van der Waals surface area (Å²) in [6, 6.07) is 3.65. The van der Waals surface area contributed by atoms with Crippen LogP contribution in [0.15, 0.2) is 11.4 Å².